The maximum atomic E-state index is 12.8. The Balaban J connectivity index is 3.29. The molecule has 7 heteroatoms. The second kappa shape index (κ2) is 3.24. The highest BCUT2D eigenvalue weighted by Gasteiger charge is 2.72. The van der Waals surface area contributed by atoms with Gasteiger partial charge in [-0.2, -0.15) is 0 Å². The molecule has 1 rings (SSSR count). The average molecular weight is 278 g/mol. The second-order valence-corrected chi connectivity index (χ2v) is 7.42. The highest BCUT2D eigenvalue weighted by Crippen LogP contribution is 3.01. The maximum Gasteiger partial charge on any atom is 0.289 e. The second-order valence-electron chi connectivity index (χ2n) is 4.75. The molecule has 1 aliphatic carbocycles. The number of halogens is 5. The molecule has 0 aliphatic heterocycles. The van der Waals surface area contributed by atoms with Gasteiger partial charge < -0.3 is 0 Å². The minimum absolute atomic E-state index is 0.225. The number of hydrogen-bond donors (Lipinski definition) is 0. The van der Waals surface area contributed by atoms with Gasteiger partial charge in [0.15, 0.2) is 0 Å². The molecule has 2 atom stereocenters. The lowest BCUT2D eigenvalue weighted by Crippen LogP contribution is -2.39. The van der Waals surface area contributed by atoms with Crippen LogP contribution in [-0.4, -0.2) is 11.0 Å². The van der Waals surface area contributed by atoms with Crippen LogP contribution >= 0.6 is 10.2 Å². The van der Waals surface area contributed by atoms with Crippen LogP contribution in [0.2, 0.25) is 0 Å². The molecule has 0 N–H and O–H groups in total. The summed E-state index contributed by atoms with van der Waals surface area (Å²) in [6, 6.07) is 0. The summed E-state index contributed by atoms with van der Waals surface area (Å²) >= 11 is 0. The van der Waals surface area contributed by atoms with Gasteiger partial charge in [-0.25, -0.2) is 0 Å². The Morgan fingerprint density at radius 1 is 1.06 bits per heavy atom. The summed E-state index contributed by atoms with van der Waals surface area (Å²) in [5.74, 6) is -2.47. The number of Topliss-reactive ketones (excluding diaryl/α,β-unsaturated/α-hetero) is 1. The van der Waals surface area contributed by atoms with Gasteiger partial charge in [-0.3, -0.25) is 4.79 Å². The molecule has 1 nitrogen and oxygen atoms in total. The molecule has 0 aromatic carbocycles. The minimum atomic E-state index is -9.62. The summed E-state index contributed by atoms with van der Waals surface area (Å²) in [5, 5.41) is -2.81. The molecular formula is C10H15F5OS. The highest BCUT2D eigenvalue weighted by atomic mass is 32.5. The zero-order valence-corrected chi connectivity index (χ0v) is 10.6. The van der Waals surface area contributed by atoms with Crippen LogP contribution in [0.15, 0.2) is 11.1 Å². The number of rotatable bonds is 2. The minimum Gasteiger partial charge on any atom is -0.300 e. The van der Waals surface area contributed by atoms with E-state index in [1.54, 1.807) is 6.92 Å². The zero-order valence-electron chi connectivity index (χ0n) is 9.78. The van der Waals surface area contributed by atoms with Crippen LogP contribution < -0.4 is 0 Å². The van der Waals surface area contributed by atoms with E-state index in [1.807, 2.05) is 0 Å². The zero-order chi connectivity index (χ0) is 13.7. The molecule has 1 aliphatic rings. The molecule has 0 saturated carbocycles. The van der Waals surface area contributed by atoms with E-state index >= 15 is 0 Å². The third-order valence-corrected chi connectivity index (χ3v) is 4.94. The van der Waals surface area contributed by atoms with Crippen molar-refractivity contribution in [3.05, 3.63) is 11.1 Å². The number of hydrogen-bond acceptors (Lipinski definition) is 1. The molecule has 0 heterocycles. The normalized spacial score (nSPS) is 30.8. The van der Waals surface area contributed by atoms with Crippen molar-refractivity contribution in [1.29, 1.82) is 0 Å². The first-order valence-corrected chi connectivity index (χ1v) is 7.12. The van der Waals surface area contributed by atoms with Crippen molar-refractivity contribution in [3.8, 4) is 0 Å². The van der Waals surface area contributed by atoms with E-state index in [1.165, 1.54) is 6.92 Å². The van der Waals surface area contributed by atoms with Crippen LogP contribution in [0.1, 0.15) is 33.6 Å². The van der Waals surface area contributed by atoms with Gasteiger partial charge >= 0.3 is 0 Å². The van der Waals surface area contributed by atoms with E-state index in [4.69, 9.17) is 0 Å². The van der Waals surface area contributed by atoms with Gasteiger partial charge in [0.05, 0.1) is 0 Å². The van der Waals surface area contributed by atoms with E-state index in [2.05, 4.69) is 0 Å². The van der Waals surface area contributed by atoms with Crippen molar-refractivity contribution in [1.82, 2.24) is 0 Å². The summed E-state index contributed by atoms with van der Waals surface area (Å²) in [6.07, 6.45) is -0.994. The fraction of sp³-hybridized carbons (Fsp3) is 0.700. The molecule has 0 saturated heterocycles. The van der Waals surface area contributed by atoms with Crippen molar-refractivity contribution in [2.24, 2.45) is 5.92 Å². The Morgan fingerprint density at radius 3 is 1.82 bits per heavy atom. The molecule has 0 spiro atoms. The van der Waals surface area contributed by atoms with Crippen LogP contribution in [-0.2, 0) is 4.79 Å². The van der Waals surface area contributed by atoms with Gasteiger partial charge in [0.2, 0.25) is 0 Å². The Bertz CT molecular complexity index is 394. The number of carbonyl (C=O) groups excluding carboxylic acids is 1. The van der Waals surface area contributed by atoms with Crippen LogP contribution in [0.5, 0.6) is 0 Å². The first-order chi connectivity index (χ1) is 7.22. The summed E-state index contributed by atoms with van der Waals surface area (Å²) in [4.78, 5) is 11.2. The topological polar surface area (TPSA) is 17.1 Å². The van der Waals surface area contributed by atoms with E-state index in [0.717, 1.165) is 6.92 Å². The van der Waals surface area contributed by atoms with E-state index in [0.29, 0.717) is 11.1 Å². The Hall–Kier alpha value is -0.590. The van der Waals surface area contributed by atoms with E-state index < -0.39 is 33.6 Å². The molecule has 0 aromatic rings. The molecule has 17 heavy (non-hydrogen) atoms. The van der Waals surface area contributed by atoms with Crippen LogP contribution in [0.25, 0.3) is 0 Å². The van der Waals surface area contributed by atoms with Crippen LogP contribution in [0, 0.1) is 5.92 Å². The lowest BCUT2D eigenvalue weighted by molar-refractivity contribution is -0.121. The first kappa shape index (κ1) is 14.5. The molecule has 102 valence electrons. The van der Waals surface area contributed by atoms with Crippen molar-refractivity contribution in [2.75, 3.05) is 0 Å². The first-order valence-electron chi connectivity index (χ1n) is 5.11. The number of ketones is 1. The average Bonchev–Trinajstić information content (AvgIpc) is 2.04. The van der Waals surface area contributed by atoms with Crippen molar-refractivity contribution < 1.29 is 24.2 Å². The third-order valence-electron chi connectivity index (χ3n) is 3.31. The van der Waals surface area contributed by atoms with Gasteiger partial charge in [0.25, 0.3) is 10.2 Å². The summed E-state index contributed by atoms with van der Waals surface area (Å²) < 4.78 is 64.2. The van der Waals surface area contributed by atoms with Crippen LogP contribution in [0.4, 0.5) is 19.4 Å². The Kier molecular flexibility index (Phi) is 2.76. The summed E-state index contributed by atoms with van der Waals surface area (Å²) in [5.41, 5.74) is 0.907. The largest absolute Gasteiger partial charge is 0.300 e. The molecule has 0 amide bonds. The van der Waals surface area contributed by atoms with Gasteiger partial charge in [-0.05, 0) is 33.6 Å². The Morgan fingerprint density at radius 2 is 1.47 bits per heavy atom. The smallest absolute Gasteiger partial charge is 0.289 e. The highest BCUT2D eigenvalue weighted by molar-refractivity contribution is 8.46. The molecule has 0 radical (unpaired) electrons. The van der Waals surface area contributed by atoms with E-state index in [-0.39, 0.29) is 6.42 Å². The predicted molar refractivity (Wildman–Crippen MR) is 58.7 cm³/mol. The van der Waals surface area contributed by atoms with Crippen LogP contribution in [0.3, 0.4) is 0 Å². The fourth-order valence-corrected chi connectivity index (χ4v) is 3.60. The standard InChI is InChI=1S/C10H15F5OS/c1-6-4-9(8(3)16)10(5-7(6)2)17(11,12,13,14)15/h9-10H,4-5H2,1-3H3/t9-,10+/m1/s1. The lowest BCUT2D eigenvalue weighted by atomic mass is 9.83. The molecule has 0 bridgehead atoms. The maximum absolute atomic E-state index is 12.8. The fourth-order valence-electron chi connectivity index (χ4n) is 2.13. The third kappa shape index (κ3) is 3.20. The summed E-state index contributed by atoms with van der Waals surface area (Å²) in [6.45, 7) is 3.92. The van der Waals surface area contributed by atoms with Gasteiger partial charge in [0.1, 0.15) is 11.0 Å². The van der Waals surface area contributed by atoms with E-state index in [9.17, 15) is 24.2 Å². The number of carbonyl (C=O) groups is 1. The molecule has 0 fully saturated rings. The SMILES string of the molecule is CC(=O)[C@H]1CC(C)=C(C)C[C@@H]1S(F)(F)(F)(F)F. The lowest BCUT2D eigenvalue weighted by Gasteiger charge is -2.51. The van der Waals surface area contributed by atoms with Crippen molar-refractivity contribution in [2.45, 2.75) is 38.9 Å². The molecule has 0 aromatic heterocycles. The predicted octanol–water partition coefficient (Wildman–Crippen LogP) is 4.99. The quantitative estimate of drug-likeness (QED) is 0.513. The summed E-state index contributed by atoms with van der Waals surface area (Å²) in [7, 11) is -9.62. The molecular weight excluding hydrogens is 263 g/mol. The molecule has 0 unspecified atom stereocenters. The van der Waals surface area contributed by atoms with Gasteiger partial charge in [-0.1, -0.05) is 30.6 Å². The van der Waals surface area contributed by atoms with Crippen molar-refractivity contribution >= 4 is 16.0 Å². The van der Waals surface area contributed by atoms with Gasteiger partial charge in [-0.15, -0.1) is 0 Å². The monoisotopic (exact) mass is 278 g/mol. The van der Waals surface area contributed by atoms with Gasteiger partial charge in [0, 0.05) is 5.92 Å². The Labute approximate surface area is 96.8 Å². The number of allylic oxidation sites excluding steroid dienone is 2. The van der Waals surface area contributed by atoms with Crippen molar-refractivity contribution in [3.63, 3.8) is 0 Å².